The second-order valence-electron chi connectivity index (χ2n) is 6.74. The Morgan fingerprint density at radius 3 is 2.62 bits per heavy atom. The summed E-state index contributed by atoms with van der Waals surface area (Å²) in [5.41, 5.74) is 3.04. The molecule has 2 aliphatic rings. The molecule has 0 amide bonds. The highest BCUT2D eigenvalue weighted by molar-refractivity contribution is 5.86. The molecule has 0 bridgehead atoms. The van der Waals surface area contributed by atoms with Crippen molar-refractivity contribution in [2.24, 2.45) is 0 Å². The molecule has 0 spiro atoms. The van der Waals surface area contributed by atoms with Crippen molar-refractivity contribution >= 4 is 5.97 Å². The molecule has 1 atom stereocenters. The largest absolute Gasteiger partial charge is 0.478 e. The molecule has 5 heteroatoms. The Hall–Kier alpha value is -2.27. The summed E-state index contributed by atoms with van der Waals surface area (Å²) in [5.74, 6) is 0.498. The number of aromatic carboxylic acids is 1. The van der Waals surface area contributed by atoms with Gasteiger partial charge in [0, 0.05) is 18.9 Å². The summed E-state index contributed by atoms with van der Waals surface area (Å²) >= 11 is 0. The molecule has 1 aromatic carbocycles. The fourth-order valence-electron chi connectivity index (χ4n) is 3.62. The molecule has 1 saturated carbocycles. The minimum Gasteiger partial charge on any atom is -0.478 e. The molecule has 1 N–H and O–H groups in total. The van der Waals surface area contributed by atoms with Crippen LogP contribution in [0.1, 0.15) is 65.0 Å². The number of nitrogens with zero attached hydrogens (tertiary/aromatic N) is 3. The van der Waals surface area contributed by atoms with Crippen LogP contribution in [0.4, 0.5) is 0 Å². The summed E-state index contributed by atoms with van der Waals surface area (Å²) in [4.78, 5) is 22.0. The maximum absolute atomic E-state index is 11.0. The molecule has 2 heterocycles. The fraction of sp³-hybridized carbons (Fsp3) is 0.421. The lowest BCUT2D eigenvalue weighted by atomic mass is 10.0. The van der Waals surface area contributed by atoms with Crippen LogP contribution in [0.2, 0.25) is 0 Å². The second-order valence-corrected chi connectivity index (χ2v) is 6.74. The topological polar surface area (TPSA) is 66.3 Å². The Balaban J connectivity index is 1.54. The molecular weight excluding hydrogens is 302 g/mol. The summed E-state index contributed by atoms with van der Waals surface area (Å²) in [5, 5.41) is 8.99. The van der Waals surface area contributed by atoms with Gasteiger partial charge in [0.25, 0.3) is 0 Å². The van der Waals surface area contributed by atoms with Crippen LogP contribution in [0.25, 0.3) is 0 Å². The van der Waals surface area contributed by atoms with E-state index in [0.717, 1.165) is 37.7 Å². The molecule has 2 fully saturated rings. The fourth-order valence-corrected chi connectivity index (χ4v) is 3.62. The number of rotatable bonds is 5. The van der Waals surface area contributed by atoms with Gasteiger partial charge >= 0.3 is 5.97 Å². The number of aromatic nitrogens is 2. The van der Waals surface area contributed by atoms with Gasteiger partial charge in [0.05, 0.1) is 11.6 Å². The van der Waals surface area contributed by atoms with Crippen LogP contribution in [-0.4, -0.2) is 32.5 Å². The van der Waals surface area contributed by atoms with Crippen molar-refractivity contribution in [2.75, 3.05) is 6.54 Å². The van der Waals surface area contributed by atoms with Crippen molar-refractivity contribution in [1.82, 2.24) is 14.9 Å². The summed E-state index contributed by atoms with van der Waals surface area (Å²) in [6.07, 6.45) is 7.59. The summed E-state index contributed by atoms with van der Waals surface area (Å²) < 4.78 is 0. The van der Waals surface area contributed by atoms with Crippen LogP contribution in [-0.2, 0) is 6.54 Å². The third-order valence-electron chi connectivity index (χ3n) is 5.03. The van der Waals surface area contributed by atoms with Crippen molar-refractivity contribution in [3.63, 3.8) is 0 Å². The minimum absolute atomic E-state index is 0.141. The van der Waals surface area contributed by atoms with E-state index in [1.165, 1.54) is 36.4 Å². The van der Waals surface area contributed by atoms with E-state index in [4.69, 9.17) is 5.11 Å². The van der Waals surface area contributed by atoms with Gasteiger partial charge in [-0.1, -0.05) is 24.3 Å². The Kier molecular flexibility index (Phi) is 4.02. The maximum atomic E-state index is 11.0. The molecule has 24 heavy (non-hydrogen) atoms. The molecule has 124 valence electrons. The van der Waals surface area contributed by atoms with Gasteiger partial charge in [0.15, 0.2) is 0 Å². The lowest BCUT2D eigenvalue weighted by Gasteiger charge is -2.24. The third kappa shape index (κ3) is 3.04. The average molecular weight is 323 g/mol. The van der Waals surface area contributed by atoms with Gasteiger partial charge in [-0.3, -0.25) is 4.90 Å². The summed E-state index contributed by atoms with van der Waals surface area (Å²) in [6, 6.07) is 8.92. The lowest BCUT2D eigenvalue weighted by molar-refractivity contribution is 0.0695. The van der Waals surface area contributed by atoms with Gasteiger partial charge < -0.3 is 5.11 Å². The first kappa shape index (κ1) is 15.3. The molecule has 1 aliphatic carbocycles. The number of hydrogen-bond acceptors (Lipinski definition) is 4. The molecule has 1 aliphatic heterocycles. The van der Waals surface area contributed by atoms with E-state index in [-0.39, 0.29) is 11.6 Å². The monoisotopic (exact) mass is 323 g/mol. The SMILES string of the molecule is O=C(O)c1cnc(C2CCCN2Cc2ccccc2C2CC2)nc1. The van der Waals surface area contributed by atoms with Gasteiger partial charge in [0.1, 0.15) is 5.82 Å². The van der Waals surface area contributed by atoms with Crippen LogP contribution in [0.15, 0.2) is 36.7 Å². The van der Waals surface area contributed by atoms with Crippen molar-refractivity contribution in [2.45, 2.75) is 44.2 Å². The standard InChI is InChI=1S/C19H21N3O2/c23-19(24)15-10-20-18(21-11-15)17-6-3-9-22(17)12-14-4-1-2-5-16(14)13-7-8-13/h1-2,4-5,10-11,13,17H,3,6-9,12H2,(H,23,24). The van der Waals surface area contributed by atoms with Crippen molar-refractivity contribution in [1.29, 1.82) is 0 Å². The van der Waals surface area contributed by atoms with Crippen molar-refractivity contribution < 1.29 is 9.90 Å². The normalized spacial score (nSPS) is 21.1. The van der Waals surface area contributed by atoms with Gasteiger partial charge in [-0.2, -0.15) is 0 Å². The van der Waals surface area contributed by atoms with Crippen LogP contribution < -0.4 is 0 Å². The zero-order valence-corrected chi connectivity index (χ0v) is 13.6. The van der Waals surface area contributed by atoms with Crippen LogP contribution in [0.3, 0.4) is 0 Å². The molecule has 1 unspecified atom stereocenters. The first-order valence-electron chi connectivity index (χ1n) is 8.59. The highest BCUT2D eigenvalue weighted by Crippen LogP contribution is 2.42. The number of likely N-dealkylation sites (tertiary alicyclic amines) is 1. The first-order valence-corrected chi connectivity index (χ1v) is 8.59. The summed E-state index contributed by atoms with van der Waals surface area (Å²) in [6.45, 7) is 1.95. The Bertz CT molecular complexity index is 741. The molecule has 4 rings (SSSR count). The predicted molar refractivity (Wildman–Crippen MR) is 89.8 cm³/mol. The van der Waals surface area contributed by atoms with Crippen LogP contribution in [0.5, 0.6) is 0 Å². The van der Waals surface area contributed by atoms with E-state index < -0.39 is 5.97 Å². The lowest BCUT2D eigenvalue weighted by Crippen LogP contribution is -2.25. The highest BCUT2D eigenvalue weighted by Gasteiger charge is 2.31. The molecular formula is C19H21N3O2. The molecule has 1 saturated heterocycles. The molecule has 0 radical (unpaired) electrons. The van der Waals surface area contributed by atoms with E-state index in [0.29, 0.717) is 0 Å². The minimum atomic E-state index is -0.983. The zero-order chi connectivity index (χ0) is 16.5. The zero-order valence-electron chi connectivity index (χ0n) is 13.6. The molecule has 1 aromatic heterocycles. The quantitative estimate of drug-likeness (QED) is 0.913. The van der Waals surface area contributed by atoms with E-state index in [9.17, 15) is 4.79 Å². The summed E-state index contributed by atoms with van der Waals surface area (Å²) in [7, 11) is 0. The van der Waals surface area contributed by atoms with E-state index >= 15 is 0 Å². The molecule has 5 nitrogen and oxygen atoms in total. The Morgan fingerprint density at radius 2 is 1.92 bits per heavy atom. The number of carboxylic acid groups (broad SMARTS) is 1. The van der Waals surface area contributed by atoms with E-state index in [1.54, 1.807) is 0 Å². The third-order valence-corrected chi connectivity index (χ3v) is 5.03. The van der Waals surface area contributed by atoms with Crippen LogP contribution >= 0.6 is 0 Å². The van der Waals surface area contributed by atoms with Gasteiger partial charge in [0.2, 0.25) is 0 Å². The first-order chi connectivity index (χ1) is 11.7. The van der Waals surface area contributed by atoms with Crippen molar-refractivity contribution in [3.05, 3.63) is 59.2 Å². The maximum Gasteiger partial charge on any atom is 0.338 e. The second kappa shape index (κ2) is 6.32. The predicted octanol–water partition coefficient (Wildman–Crippen LogP) is 3.39. The highest BCUT2D eigenvalue weighted by atomic mass is 16.4. The smallest absolute Gasteiger partial charge is 0.338 e. The van der Waals surface area contributed by atoms with Gasteiger partial charge in [-0.25, -0.2) is 14.8 Å². The van der Waals surface area contributed by atoms with Gasteiger partial charge in [-0.15, -0.1) is 0 Å². The van der Waals surface area contributed by atoms with E-state index in [1.807, 2.05) is 0 Å². The Morgan fingerprint density at radius 1 is 1.17 bits per heavy atom. The number of benzene rings is 1. The average Bonchev–Trinajstić information content (AvgIpc) is 3.35. The van der Waals surface area contributed by atoms with Gasteiger partial charge in [-0.05, 0) is 49.3 Å². The number of carbonyl (C=O) groups is 1. The Labute approximate surface area is 141 Å². The van der Waals surface area contributed by atoms with E-state index in [2.05, 4.69) is 39.1 Å². The molecule has 2 aromatic rings. The van der Waals surface area contributed by atoms with Crippen molar-refractivity contribution in [3.8, 4) is 0 Å². The van der Waals surface area contributed by atoms with Crippen LogP contribution in [0, 0.1) is 0 Å². The number of carboxylic acids is 1. The number of hydrogen-bond donors (Lipinski definition) is 1.